The molecule has 5 heteroatoms. The summed E-state index contributed by atoms with van der Waals surface area (Å²) in [4.78, 5) is 14.0. The smallest absolute Gasteiger partial charge is 0.227 e. The third kappa shape index (κ3) is 4.42. The fraction of sp³-hybridized carbons (Fsp3) is 0.350. The molecule has 0 atom stereocenters. The van der Waals surface area contributed by atoms with Crippen LogP contribution in [0.4, 0.5) is 8.78 Å². The molecule has 1 fully saturated rings. The average molecular weight is 345 g/mol. The van der Waals surface area contributed by atoms with Gasteiger partial charge in [-0.25, -0.2) is 8.78 Å². The number of nitrogens with zero attached hydrogens (tertiary/aromatic N) is 1. The molecule has 1 aliphatic rings. The minimum absolute atomic E-state index is 0.0228. The third-order valence-electron chi connectivity index (χ3n) is 4.77. The van der Waals surface area contributed by atoms with E-state index in [1.807, 2.05) is 0 Å². The fourth-order valence-corrected chi connectivity index (χ4v) is 3.29. The number of likely N-dealkylation sites (tertiary alicyclic amines) is 1. The predicted octanol–water partition coefficient (Wildman–Crippen LogP) is 3.10. The van der Waals surface area contributed by atoms with E-state index in [1.165, 1.54) is 18.2 Å². The Morgan fingerprint density at radius 1 is 1.08 bits per heavy atom. The van der Waals surface area contributed by atoms with Crippen molar-refractivity contribution < 1.29 is 18.7 Å². The maximum atomic E-state index is 13.7. The number of amides is 1. The largest absolute Gasteiger partial charge is 0.389 e. The maximum absolute atomic E-state index is 13.7. The van der Waals surface area contributed by atoms with Gasteiger partial charge in [0.15, 0.2) is 0 Å². The summed E-state index contributed by atoms with van der Waals surface area (Å²) in [5.41, 5.74) is 0.185. The monoisotopic (exact) mass is 345 g/mol. The number of halogens is 2. The first kappa shape index (κ1) is 17.5. The molecule has 0 saturated carbocycles. The van der Waals surface area contributed by atoms with E-state index in [2.05, 4.69) is 0 Å². The molecule has 0 unspecified atom stereocenters. The van der Waals surface area contributed by atoms with E-state index in [0.717, 1.165) is 5.56 Å². The molecule has 0 bridgehead atoms. The van der Waals surface area contributed by atoms with Crippen LogP contribution in [-0.2, 0) is 17.6 Å². The molecule has 1 heterocycles. The van der Waals surface area contributed by atoms with Crippen LogP contribution >= 0.6 is 0 Å². The zero-order valence-corrected chi connectivity index (χ0v) is 13.9. The summed E-state index contributed by atoms with van der Waals surface area (Å²) in [6.45, 7) is 0.832. The summed E-state index contributed by atoms with van der Waals surface area (Å²) in [6, 6.07) is 12.5. The molecule has 0 spiro atoms. The summed E-state index contributed by atoms with van der Waals surface area (Å²) < 4.78 is 27.0. The lowest BCUT2D eigenvalue weighted by molar-refractivity contribution is -0.134. The van der Waals surface area contributed by atoms with Gasteiger partial charge in [-0.15, -0.1) is 0 Å². The van der Waals surface area contributed by atoms with Crippen LogP contribution in [0.1, 0.15) is 24.0 Å². The highest BCUT2D eigenvalue weighted by atomic mass is 19.1. The summed E-state index contributed by atoms with van der Waals surface area (Å²) in [5, 5.41) is 10.7. The first-order chi connectivity index (χ1) is 12.0. The van der Waals surface area contributed by atoms with Crippen molar-refractivity contribution in [2.75, 3.05) is 13.1 Å². The molecular weight excluding hydrogens is 324 g/mol. The number of carbonyl (C=O) groups excluding carboxylic acids is 1. The number of carbonyl (C=O) groups is 1. The molecule has 1 saturated heterocycles. The maximum Gasteiger partial charge on any atom is 0.227 e. The Bertz CT molecular complexity index is 755. The first-order valence-corrected chi connectivity index (χ1v) is 8.43. The van der Waals surface area contributed by atoms with Crippen molar-refractivity contribution in [3.05, 3.63) is 71.3 Å². The van der Waals surface area contributed by atoms with E-state index in [0.29, 0.717) is 37.9 Å². The lowest BCUT2D eigenvalue weighted by atomic mass is 9.85. The molecule has 3 nitrogen and oxygen atoms in total. The average Bonchev–Trinajstić information content (AvgIpc) is 2.57. The Morgan fingerprint density at radius 2 is 1.80 bits per heavy atom. The molecule has 1 amide bonds. The first-order valence-electron chi connectivity index (χ1n) is 8.43. The number of rotatable bonds is 4. The molecule has 1 aliphatic heterocycles. The van der Waals surface area contributed by atoms with Crippen LogP contribution in [0.3, 0.4) is 0 Å². The Morgan fingerprint density at radius 3 is 2.48 bits per heavy atom. The topological polar surface area (TPSA) is 40.5 Å². The fourth-order valence-electron chi connectivity index (χ4n) is 3.29. The second kappa shape index (κ2) is 7.31. The highest BCUT2D eigenvalue weighted by molar-refractivity contribution is 5.79. The van der Waals surface area contributed by atoms with Gasteiger partial charge in [0, 0.05) is 19.5 Å². The number of hydrogen-bond acceptors (Lipinski definition) is 2. The van der Waals surface area contributed by atoms with Gasteiger partial charge in [-0.2, -0.15) is 0 Å². The summed E-state index contributed by atoms with van der Waals surface area (Å²) >= 11 is 0. The highest BCUT2D eigenvalue weighted by Crippen LogP contribution is 2.27. The molecule has 0 aliphatic carbocycles. The number of benzene rings is 2. The lowest BCUT2D eigenvalue weighted by Gasteiger charge is -2.38. The second-order valence-electron chi connectivity index (χ2n) is 6.68. The molecule has 1 N–H and O–H groups in total. The lowest BCUT2D eigenvalue weighted by Crippen LogP contribution is -2.48. The Balaban J connectivity index is 1.57. The molecule has 0 radical (unpaired) electrons. The zero-order valence-electron chi connectivity index (χ0n) is 13.9. The van der Waals surface area contributed by atoms with Crippen LogP contribution in [0.5, 0.6) is 0 Å². The molecule has 2 aromatic carbocycles. The van der Waals surface area contributed by atoms with Gasteiger partial charge in [0.05, 0.1) is 12.0 Å². The Hall–Kier alpha value is -2.27. The number of aliphatic hydroxyl groups is 1. The van der Waals surface area contributed by atoms with E-state index >= 15 is 0 Å². The van der Waals surface area contributed by atoms with E-state index in [1.54, 1.807) is 35.2 Å². The van der Waals surface area contributed by atoms with Crippen molar-refractivity contribution >= 4 is 5.91 Å². The summed E-state index contributed by atoms with van der Waals surface area (Å²) in [6.07, 6.45) is 1.23. The van der Waals surface area contributed by atoms with Gasteiger partial charge >= 0.3 is 0 Å². The van der Waals surface area contributed by atoms with E-state index < -0.39 is 5.60 Å². The van der Waals surface area contributed by atoms with Crippen LogP contribution < -0.4 is 0 Å². The molecule has 132 valence electrons. The van der Waals surface area contributed by atoms with Crippen molar-refractivity contribution in [3.63, 3.8) is 0 Å². The van der Waals surface area contributed by atoms with Crippen molar-refractivity contribution in [3.8, 4) is 0 Å². The summed E-state index contributed by atoms with van der Waals surface area (Å²) in [5.74, 6) is -0.841. The third-order valence-corrected chi connectivity index (χ3v) is 4.77. The van der Waals surface area contributed by atoms with Crippen LogP contribution in [0.25, 0.3) is 0 Å². The molecule has 25 heavy (non-hydrogen) atoms. The predicted molar refractivity (Wildman–Crippen MR) is 91.0 cm³/mol. The number of hydrogen-bond donors (Lipinski definition) is 1. The van der Waals surface area contributed by atoms with Crippen LogP contribution in [-0.4, -0.2) is 34.6 Å². The van der Waals surface area contributed by atoms with E-state index in [-0.39, 0.29) is 24.0 Å². The van der Waals surface area contributed by atoms with Gasteiger partial charge in [0.2, 0.25) is 5.91 Å². The minimum atomic E-state index is -0.942. The molecule has 2 aromatic rings. The standard InChI is InChI=1S/C20H21F2NO2/c21-17-6-3-4-15(12-17)14-20(25)8-10-23(11-9-20)19(24)13-16-5-1-2-7-18(16)22/h1-7,12,25H,8-11,13-14H2. The zero-order chi connectivity index (χ0) is 17.9. The van der Waals surface area contributed by atoms with Gasteiger partial charge in [-0.05, 0) is 42.2 Å². The van der Waals surface area contributed by atoms with Gasteiger partial charge in [-0.3, -0.25) is 4.79 Å². The van der Waals surface area contributed by atoms with Gasteiger partial charge in [0.1, 0.15) is 11.6 Å². The molecule has 3 rings (SSSR count). The van der Waals surface area contributed by atoms with Crippen molar-refractivity contribution in [1.82, 2.24) is 4.90 Å². The van der Waals surface area contributed by atoms with Crippen molar-refractivity contribution in [1.29, 1.82) is 0 Å². The van der Waals surface area contributed by atoms with Crippen LogP contribution in [0.15, 0.2) is 48.5 Å². The minimum Gasteiger partial charge on any atom is -0.389 e. The van der Waals surface area contributed by atoms with Crippen molar-refractivity contribution in [2.24, 2.45) is 0 Å². The van der Waals surface area contributed by atoms with Gasteiger partial charge in [-0.1, -0.05) is 30.3 Å². The van der Waals surface area contributed by atoms with E-state index in [9.17, 15) is 18.7 Å². The number of piperidine rings is 1. The molecular formula is C20H21F2NO2. The Kier molecular flexibility index (Phi) is 5.13. The second-order valence-corrected chi connectivity index (χ2v) is 6.68. The van der Waals surface area contributed by atoms with E-state index in [4.69, 9.17) is 0 Å². The van der Waals surface area contributed by atoms with Crippen LogP contribution in [0.2, 0.25) is 0 Å². The van der Waals surface area contributed by atoms with Gasteiger partial charge in [0.25, 0.3) is 0 Å². The summed E-state index contributed by atoms with van der Waals surface area (Å²) in [7, 11) is 0. The quantitative estimate of drug-likeness (QED) is 0.925. The normalized spacial score (nSPS) is 16.7. The van der Waals surface area contributed by atoms with Crippen LogP contribution in [0, 0.1) is 11.6 Å². The Labute approximate surface area is 145 Å². The molecule has 0 aromatic heterocycles. The highest BCUT2D eigenvalue weighted by Gasteiger charge is 2.34. The van der Waals surface area contributed by atoms with Gasteiger partial charge < -0.3 is 10.0 Å². The van der Waals surface area contributed by atoms with Crippen molar-refractivity contribution in [2.45, 2.75) is 31.3 Å². The SMILES string of the molecule is O=C(Cc1ccccc1F)N1CCC(O)(Cc2cccc(F)c2)CC1.